The highest BCUT2D eigenvalue weighted by Gasteiger charge is 2.60. The number of hydrogen-bond donors (Lipinski definition) is 1. The van der Waals surface area contributed by atoms with Gasteiger partial charge in [-0.05, 0) is 35.9 Å². The van der Waals surface area contributed by atoms with E-state index in [2.05, 4.69) is 10.0 Å². The molecule has 1 saturated heterocycles. The van der Waals surface area contributed by atoms with E-state index in [1.807, 2.05) is 4.98 Å². The van der Waals surface area contributed by atoms with Gasteiger partial charge in [0, 0.05) is 22.2 Å². The third-order valence-corrected chi connectivity index (χ3v) is 5.62. The number of aromatic amines is 1. The van der Waals surface area contributed by atoms with Crippen LogP contribution in [0.15, 0.2) is 81.6 Å². The summed E-state index contributed by atoms with van der Waals surface area (Å²) in [6.07, 6.45) is -5.13. The molecule has 190 valence electrons. The first-order chi connectivity index (χ1) is 17.7. The van der Waals surface area contributed by atoms with Crippen molar-refractivity contribution < 1.29 is 28.2 Å². The molecule has 1 N–H and O–H groups in total. The molecule has 0 aliphatic carbocycles. The average molecular weight is 530 g/mol. The lowest BCUT2D eigenvalue weighted by Crippen LogP contribution is -2.47. The number of azide groups is 1. The van der Waals surface area contributed by atoms with Crippen LogP contribution in [-0.4, -0.2) is 46.1 Å². The van der Waals surface area contributed by atoms with Crippen molar-refractivity contribution in [1.29, 1.82) is 0 Å². The number of rotatable bonds is 7. The topological polar surface area (TPSA) is 165 Å². The number of aromatic nitrogens is 2. The highest BCUT2D eigenvalue weighted by atomic mass is 35.5. The first-order valence-electron chi connectivity index (χ1n) is 10.6. The van der Waals surface area contributed by atoms with Crippen LogP contribution in [0.4, 0.5) is 4.39 Å². The Morgan fingerprint density at radius 3 is 2.54 bits per heavy atom. The summed E-state index contributed by atoms with van der Waals surface area (Å²) in [5, 5.41) is 3.73. The molecule has 1 aliphatic rings. The molecule has 0 saturated carbocycles. The molecular weight excluding hydrogens is 513 g/mol. The van der Waals surface area contributed by atoms with Crippen molar-refractivity contribution in [2.24, 2.45) is 5.11 Å². The summed E-state index contributed by atoms with van der Waals surface area (Å²) in [5.41, 5.74) is 5.12. The zero-order chi connectivity index (χ0) is 26.6. The van der Waals surface area contributed by atoms with Crippen molar-refractivity contribution in [1.82, 2.24) is 9.55 Å². The van der Waals surface area contributed by atoms with E-state index in [1.54, 1.807) is 18.2 Å². The Morgan fingerprint density at radius 1 is 1.14 bits per heavy atom. The Kier molecular flexibility index (Phi) is 7.39. The van der Waals surface area contributed by atoms with Crippen LogP contribution in [0, 0.1) is 0 Å². The summed E-state index contributed by atoms with van der Waals surface area (Å²) in [4.78, 5) is 53.8. The number of alkyl halides is 1. The van der Waals surface area contributed by atoms with Crippen LogP contribution >= 0.6 is 11.6 Å². The maximum Gasteiger partial charge on any atom is 0.338 e. The van der Waals surface area contributed by atoms with Gasteiger partial charge < -0.3 is 14.2 Å². The number of H-pyrrole nitrogens is 1. The van der Waals surface area contributed by atoms with E-state index >= 15 is 4.39 Å². The number of hydrogen-bond acceptors (Lipinski definition) is 8. The monoisotopic (exact) mass is 529 g/mol. The molecule has 0 amide bonds. The fourth-order valence-electron chi connectivity index (χ4n) is 3.66. The maximum atomic E-state index is 15.8. The van der Waals surface area contributed by atoms with Gasteiger partial charge in [0.1, 0.15) is 6.61 Å². The van der Waals surface area contributed by atoms with Gasteiger partial charge in [-0.25, -0.2) is 18.8 Å². The second-order valence-electron chi connectivity index (χ2n) is 7.78. The summed E-state index contributed by atoms with van der Waals surface area (Å²) in [5.74, 6) is -1.92. The van der Waals surface area contributed by atoms with Gasteiger partial charge in [0.25, 0.3) is 5.56 Å². The molecule has 37 heavy (non-hydrogen) atoms. The van der Waals surface area contributed by atoms with E-state index in [-0.39, 0.29) is 16.1 Å². The minimum Gasteiger partial charge on any atom is -0.459 e. The highest BCUT2D eigenvalue weighted by Crippen LogP contribution is 2.42. The molecule has 0 spiro atoms. The molecule has 4 rings (SSSR count). The van der Waals surface area contributed by atoms with Crippen LogP contribution in [0.3, 0.4) is 0 Å². The second kappa shape index (κ2) is 10.7. The predicted molar refractivity (Wildman–Crippen MR) is 126 cm³/mol. The smallest absolute Gasteiger partial charge is 0.338 e. The largest absolute Gasteiger partial charge is 0.459 e. The zero-order valence-corrected chi connectivity index (χ0v) is 19.4. The SMILES string of the molecule is [N-]=[N+]=N[C@@]1(COC(=O)c2cccc(Cl)c2)O[C@@H](n2ccc(=O)[nH]c2=O)[C@@H](F)[C@@H]1OC(=O)c1ccccc1. The fourth-order valence-corrected chi connectivity index (χ4v) is 3.85. The molecule has 1 fully saturated rings. The fraction of sp³-hybridized carbons (Fsp3) is 0.217. The van der Waals surface area contributed by atoms with Crippen LogP contribution in [0.2, 0.25) is 5.02 Å². The standard InChI is InChI=1S/C23H17ClFN5O7/c24-15-8-4-7-14(11-15)20(32)35-12-23(28-29-26)18(36-21(33)13-5-2-1-3-6-13)17(25)19(37-23)30-10-9-16(31)27-22(30)34/h1-11,17-19H,12H2,(H,27,31,34)/t17-,18-,19+,23-/m0/s1. The quantitative estimate of drug-likeness (QED) is 0.212. The molecule has 4 atom stereocenters. The number of esters is 2. The summed E-state index contributed by atoms with van der Waals surface area (Å²) in [6, 6.07) is 14.2. The summed E-state index contributed by atoms with van der Waals surface area (Å²) in [6.45, 7) is -0.899. The number of nitrogens with one attached hydrogen (secondary N) is 1. The van der Waals surface area contributed by atoms with Crippen LogP contribution in [0.1, 0.15) is 26.9 Å². The Morgan fingerprint density at radius 2 is 1.86 bits per heavy atom. The molecule has 12 nitrogen and oxygen atoms in total. The van der Waals surface area contributed by atoms with Gasteiger partial charge in [-0.2, -0.15) is 0 Å². The average Bonchev–Trinajstić information content (AvgIpc) is 3.14. The molecule has 0 radical (unpaired) electrons. The van der Waals surface area contributed by atoms with Gasteiger partial charge >= 0.3 is 17.6 Å². The lowest BCUT2D eigenvalue weighted by Gasteiger charge is -2.28. The third-order valence-electron chi connectivity index (χ3n) is 5.38. The van der Waals surface area contributed by atoms with E-state index in [0.29, 0.717) is 4.57 Å². The minimum atomic E-state index is -2.42. The number of halogens is 2. The predicted octanol–water partition coefficient (Wildman–Crippen LogP) is 3.15. The van der Waals surface area contributed by atoms with Crippen LogP contribution in [-0.2, 0) is 14.2 Å². The number of nitrogens with zero attached hydrogens (tertiary/aromatic N) is 4. The molecule has 1 aromatic heterocycles. The lowest BCUT2D eigenvalue weighted by atomic mass is 10.1. The van der Waals surface area contributed by atoms with Gasteiger partial charge in [0.15, 0.2) is 18.5 Å². The maximum absolute atomic E-state index is 15.8. The summed E-state index contributed by atoms with van der Waals surface area (Å²) >= 11 is 5.90. The molecule has 0 bridgehead atoms. The van der Waals surface area contributed by atoms with E-state index < -0.39 is 54.0 Å². The summed E-state index contributed by atoms with van der Waals surface area (Å²) in [7, 11) is 0. The van der Waals surface area contributed by atoms with Crippen LogP contribution in [0.25, 0.3) is 10.4 Å². The van der Waals surface area contributed by atoms with Crippen molar-refractivity contribution in [3.8, 4) is 0 Å². The van der Waals surface area contributed by atoms with Gasteiger partial charge in [-0.1, -0.05) is 41.0 Å². The first kappa shape index (κ1) is 25.6. The van der Waals surface area contributed by atoms with Crippen molar-refractivity contribution in [2.75, 3.05) is 6.61 Å². The number of ether oxygens (including phenoxy) is 3. The highest BCUT2D eigenvalue weighted by molar-refractivity contribution is 6.30. The van der Waals surface area contributed by atoms with Gasteiger partial charge in [0.05, 0.1) is 11.1 Å². The van der Waals surface area contributed by atoms with E-state index in [9.17, 15) is 24.7 Å². The molecule has 14 heteroatoms. The van der Waals surface area contributed by atoms with Crippen molar-refractivity contribution in [2.45, 2.75) is 24.2 Å². The van der Waals surface area contributed by atoms with Crippen molar-refractivity contribution in [3.63, 3.8) is 0 Å². The van der Waals surface area contributed by atoms with E-state index in [1.165, 1.54) is 36.4 Å². The number of carbonyl (C=O) groups is 2. The summed E-state index contributed by atoms with van der Waals surface area (Å²) < 4.78 is 32.7. The molecular formula is C23H17ClFN5O7. The van der Waals surface area contributed by atoms with E-state index in [0.717, 1.165) is 12.3 Å². The zero-order valence-electron chi connectivity index (χ0n) is 18.7. The molecule has 2 aromatic carbocycles. The third kappa shape index (κ3) is 5.38. The molecule has 0 unspecified atom stereocenters. The Labute approximate surface area is 211 Å². The van der Waals surface area contributed by atoms with Gasteiger partial charge in [-0.3, -0.25) is 14.3 Å². The number of carbonyl (C=O) groups excluding carboxylic acids is 2. The van der Waals surface area contributed by atoms with E-state index in [4.69, 9.17) is 25.8 Å². The normalized spacial score (nSPS) is 22.6. The Balaban J connectivity index is 1.71. The van der Waals surface area contributed by atoms with Crippen LogP contribution < -0.4 is 11.2 Å². The van der Waals surface area contributed by atoms with Crippen molar-refractivity contribution in [3.05, 3.63) is 114 Å². The Hall–Kier alpha value is -4.45. The Bertz CT molecular complexity index is 1490. The minimum absolute atomic E-state index is 0.0321. The van der Waals surface area contributed by atoms with Gasteiger partial charge in [-0.15, -0.1) is 0 Å². The number of benzene rings is 2. The molecule has 2 heterocycles. The first-order valence-corrected chi connectivity index (χ1v) is 11.0. The molecule has 3 aromatic rings. The molecule has 1 aliphatic heterocycles. The van der Waals surface area contributed by atoms with Gasteiger partial charge in [0.2, 0.25) is 5.72 Å². The van der Waals surface area contributed by atoms with Crippen LogP contribution in [0.5, 0.6) is 0 Å². The van der Waals surface area contributed by atoms with Crippen molar-refractivity contribution >= 4 is 23.5 Å². The second-order valence-corrected chi connectivity index (χ2v) is 8.22. The lowest BCUT2D eigenvalue weighted by molar-refractivity contribution is -0.129.